The van der Waals surface area contributed by atoms with Crippen molar-refractivity contribution in [2.75, 3.05) is 25.7 Å². The highest BCUT2D eigenvalue weighted by atomic mass is 32.2. The van der Waals surface area contributed by atoms with Gasteiger partial charge in [-0.2, -0.15) is 0 Å². The van der Waals surface area contributed by atoms with Crippen LogP contribution in [0.2, 0.25) is 0 Å². The average Bonchev–Trinajstić information content (AvgIpc) is 2.06. The fourth-order valence-corrected chi connectivity index (χ4v) is 2.65. The van der Waals surface area contributed by atoms with Gasteiger partial charge in [0.05, 0.1) is 5.75 Å². The van der Waals surface area contributed by atoms with Crippen LogP contribution in [0.5, 0.6) is 0 Å². The predicted molar refractivity (Wildman–Crippen MR) is 45.2 cm³/mol. The minimum absolute atomic E-state index is 0.238. The first kappa shape index (κ1) is 10.1. The van der Waals surface area contributed by atoms with Crippen LogP contribution >= 0.6 is 0 Å². The van der Waals surface area contributed by atoms with E-state index in [9.17, 15) is 9.32 Å². The van der Waals surface area contributed by atoms with E-state index in [-0.39, 0.29) is 5.75 Å². The van der Waals surface area contributed by atoms with E-state index in [1.165, 1.54) is 14.2 Å². The predicted octanol–water partition coefficient (Wildman–Crippen LogP) is -0.511. The lowest BCUT2D eigenvalue weighted by molar-refractivity contribution is -0.256. The van der Waals surface area contributed by atoms with E-state index in [0.29, 0.717) is 12.2 Å². The zero-order valence-corrected chi connectivity index (χ0v) is 8.10. The quantitative estimate of drug-likeness (QED) is 0.601. The van der Waals surface area contributed by atoms with Crippen molar-refractivity contribution in [2.24, 2.45) is 0 Å². The number of rotatable bonds is 2. The van der Waals surface area contributed by atoms with Gasteiger partial charge in [0, 0.05) is 37.2 Å². The zero-order valence-electron chi connectivity index (χ0n) is 7.28. The highest BCUT2D eigenvalue weighted by molar-refractivity contribution is 7.85. The maximum absolute atomic E-state index is 11.0. The van der Waals surface area contributed by atoms with Crippen LogP contribution in [0, 0.1) is 0 Å². The maximum Gasteiger partial charge on any atom is 0.195 e. The molecule has 4 nitrogen and oxygen atoms in total. The van der Waals surface area contributed by atoms with Gasteiger partial charge in [-0.25, -0.2) is 0 Å². The first-order valence-corrected chi connectivity index (χ1v) is 5.27. The summed E-state index contributed by atoms with van der Waals surface area (Å²) in [5.74, 6) is -0.172. The van der Waals surface area contributed by atoms with Gasteiger partial charge in [-0.3, -0.25) is 4.21 Å². The third kappa shape index (κ3) is 1.69. The molecule has 0 radical (unpaired) electrons. The van der Waals surface area contributed by atoms with Crippen LogP contribution in [0.4, 0.5) is 0 Å². The standard InChI is InChI=1S/C7H14O4S/c1-10-7(11-2)3-4-12(9)5-6(7)8/h6,8H,3-5H2,1-2H3/t6-,12+/m0/s1. The molecule has 1 aliphatic heterocycles. The number of aliphatic hydroxyl groups is 1. The molecule has 0 aromatic carbocycles. The van der Waals surface area contributed by atoms with E-state index >= 15 is 0 Å². The molecule has 0 aromatic heterocycles. The van der Waals surface area contributed by atoms with Gasteiger partial charge in [0.1, 0.15) is 6.10 Å². The first-order chi connectivity index (χ1) is 5.64. The van der Waals surface area contributed by atoms with E-state index in [1.807, 2.05) is 0 Å². The molecule has 0 saturated carbocycles. The number of methoxy groups -OCH3 is 2. The normalized spacial score (nSPS) is 34.9. The minimum atomic E-state index is -0.937. The van der Waals surface area contributed by atoms with Gasteiger partial charge >= 0.3 is 0 Å². The van der Waals surface area contributed by atoms with Crippen molar-refractivity contribution in [1.82, 2.24) is 0 Å². The summed E-state index contributed by atoms with van der Waals surface area (Å²) >= 11 is 0. The van der Waals surface area contributed by atoms with E-state index in [2.05, 4.69) is 0 Å². The van der Waals surface area contributed by atoms with Gasteiger partial charge < -0.3 is 14.6 Å². The molecule has 1 aliphatic rings. The van der Waals surface area contributed by atoms with Crippen molar-refractivity contribution in [3.8, 4) is 0 Å². The molecule has 0 spiro atoms. The van der Waals surface area contributed by atoms with Crippen LogP contribution in [0.3, 0.4) is 0 Å². The lowest BCUT2D eigenvalue weighted by atomic mass is 10.1. The molecular weight excluding hydrogens is 180 g/mol. The fourth-order valence-electron chi connectivity index (χ4n) is 1.37. The smallest absolute Gasteiger partial charge is 0.195 e. The molecule has 0 amide bonds. The van der Waals surface area contributed by atoms with Crippen LogP contribution < -0.4 is 0 Å². The summed E-state index contributed by atoms with van der Waals surface area (Å²) in [6.07, 6.45) is -0.310. The number of aliphatic hydroxyl groups excluding tert-OH is 1. The molecule has 1 rings (SSSR count). The van der Waals surface area contributed by atoms with Gasteiger partial charge in [-0.05, 0) is 0 Å². The molecule has 12 heavy (non-hydrogen) atoms. The average molecular weight is 194 g/mol. The Morgan fingerprint density at radius 2 is 2.08 bits per heavy atom. The minimum Gasteiger partial charge on any atom is -0.387 e. The van der Waals surface area contributed by atoms with E-state index < -0.39 is 22.7 Å². The Hall–Kier alpha value is 0.0300. The number of hydrogen-bond donors (Lipinski definition) is 1. The Morgan fingerprint density at radius 3 is 2.50 bits per heavy atom. The second kappa shape index (κ2) is 3.83. The van der Waals surface area contributed by atoms with Crippen LogP contribution in [0.15, 0.2) is 0 Å². The summed E-state index contributed by atoms with van der Waals surface area (Å²) in [7, 11) is 2.04. The summed E-state index contributed by atoms with van der Waals surface area (Å²) in [6.45, 7) is 0. The van der Waals surface area contributed by atoms with Crippen molar-refractivity contribution in [2.45, 2.75) is 18.3 Å². The highest BCUT2D eigenvalue weighted by Gasteiger charge is 2.42. The fraction of sp³-hybridized carbons (Fsp3) is 1.00. The molecule has 0 unspecified atom stereocenters. The Kier molecular flexibility index (Phi) is 3.22. The molecule has 72 valence electrons. The largest absolute Gasteiger partial charge is 0.387 e. The molecule has 0 aliphatic carbocycles. The molecule has 1 fully saturated rings. The van der Waals surface area contributed by atoms with E-state index in [0.717, 1.165) is 0 Å². The molecule has 2 atom stereocenters. The molecule has 1 saturated heterocycles. The molecular formula is C7H14O4S. The van der Waals surface area contributed by atoms with E-state index in [1.54, 1.807) is 0 Å². The van der Waals surface area contributed by atoms with Gasteiger partial charge in [-0.1, -0.05) is 0 Å². The summed E-state index contributed by atoms with van der Waals surface area (Å²) in [5.41, 5.74) is 0. The molecule has 0 bridgehead atoms. The molecule has 1 heterocycles. The van der Waals surface area contributed by atoms with Gasteiger partial charge in [0.15, 0.2) is 5.79 Å². The third-order valence-electron chi connectivity index (χ3n) is 2.22. The molecule has 1 N–H and O–H groups in total. The van der Waals surface area contributed by atoms with Crippen molar-refractivity contribution in [3.05, 3.63) is 0 Å². The third-order valence-corrected chi connectivity index (χ3v) is 3.57. The van der Waals surface area contributed by atoms with Crippen LogP contribution in [-0.2, 0) is 20.3 Å². The Labute approximate surface area is 74.3 Å². The van der Waals surface area contributed by atoms with Crippen LogP contribution in [-0.4, -0.2) is 46.9 Å². The second-order valence-electron chi connectivity index (χ2n) is 2.80. The Bertz CT molecular complexity index is 178. The summed E-state index contributed by atoms with van der Waals surface area (Å²) < 4.78 is 21.2. The first-order valence-electron chi connectivity index (χ1n) is 3.78. The summed E-state index contributed by atoms with van der Waals surface area (Å²) in [4.78, 5) is 0. The lowest BCUT2D eigenvalue weighted by Crippen LogP contribution is -2.53. The van der Waals surface area contributed by atoms with E-state index in [4.69, 9.17) is 9.47 Å². The Balaban J connectivity index is 2.70. The topological polar surface area (TPSA) is 55.8 Å². The van der Waals surface area contributed by atoms with Gasteiger partial charge in [-0.15, -0.1) is 0 Å². The zero-order chi connectivity index (χ0) is 9.19. The maximum atomic E-state index is 11.0. The Morgan fingerprint density at radius 1 is 1.50 bits per heavy atom. The lowest BCUT2D eigenvalue weighted by Gasteiger charge is -2.38. The van der Waals surface area contributed by atoms with Crippen molar-refractivity contribution < 1.29 is 18.8 Å². The SMILES string of the molecule is COC1(OC)CC[S@@](=O)C[C@@H]1O. The van der Waals surface area contributed by atoms with Crippen molar-refractivity contribution in [3.63, 3.8) is 0 Å². The highest BCUT2D eigenvalue weighted by Crippen LogP contribution is 2.26. The summed E-state index contributed by atoms with van der Waals surface area (Å²) in [6, 6.07) is 0. The van der Waals surface area contributed by atoms with Crippen molar-refractivity contribution in [1.29, 1.82) is 0 Å². The summed E-state index contributed by atoms with van der Waals surface area (Å²) in [5, 5.41) is 9.55. The number of hydrogen-bond acceptors (Lipinski definition) is 4. The van der Waals surface area contributed by atoms with Crippen LogP contribution in [0.25, 0.3) is 0 Å². The monoisotopic (exact) mass is 194 g/mol. The molecule has 5 heteroatoms. The number of ether oxygens (including phenoxy) is 2. The van der Waals surface area contributed by atoms with Gasteiger partial charge in [0.2, 0.25) is 0 Å². The van der Waals surface area contributed by atoms with Crippen LogP contribution in [0.1, 0.15) is 6.42 Å². The second-order valence-corrected chi connectivity index (χ2v) is 4.42. The molecule has 0 aromatic rings. The van der Waals surface area contributed by atoms with Gasteiger partial charge in [0.25, 0.3) is 0 Å². The van der Waals surface area contributed by atoms with Crippen molar-refractivity contribution >= 4 is 10.8 Å².